The molecule has 0 radical (unpaired) electrons. The van der Waals surface area contributed by atoms with E-state index in [9.17, 15) is 18.0 Å². The number of benzene rings is 1. The highest BCUT2D eigenvalue weighted by molar-refractivity contribution is 5.77. The summed E-state index contributed by atoms with van der Waals surface area (Å²) in [5, 5.41) is 1.70. The van der Waals surface area contributed by atoms with E-state index in [-0.39, 0.29) is 5.75 Å². The van der Waals surface area contributed by atoms with E-state index in [2.05, 4.69) is 0 Å². The molecule has 0 unspecified atom stereocenters. The molecule has 1 aromatic rings. The lowest BCUT2D eigenvalue weighted by Gasteiger charge is -2.11. The molecule has 1 amide bonds. The van der Waals surface area contributed by atoms with E-state index in [0.29, 0.717) is 5.69 Å². The summed E-state index contributed by atoms with van der Waals surface area (Å²) in [6.07, 6.45) is -4.43. The molecule has 100 valence electrons. The summed E-state index contributed by atoms with van der Waals surface area (Å²) < 4.78 is 40.5. The number of hydrogen-bond acceptors (Lipinski definition) is 3. The van der Waals surface area contributed by atoms with Gasteiger partial charge in [0.05, 0.1) is 5.69 Å². The van der Waals surface area contributed by atoms with Crippen molar-refractivity contribution < 1.29 is 22.7 Å². The number of halogens is 3. The number of ether oxygens (including phenoxy) is 1. The third kappa shape index (κ3) is 4.94. The van der Waals surface area contributed by atoms with Crippen molar-refractivity contribution in [1.29, 1.82) is 0 Å². The van der Waals surface area contributed by atoms with Gasteiger partial charge < -0.3 is 15.8 Å². The number of carbonyl (C=O) groups is 1. The van der Waals surface area contributed by atoms with Crippen LogP contribution in [0.5, 0.6) is 5.75 Å². The normalized spacial score (nSPS) is 11.1. The molecule has 0 aliphatic heterocycles. The molecule has 7 heteroatoms. The number of alkyl halides is 3. The lowest BCUT2D eigenvalue weighted by atomic mass is 10.2. The molecule has 18 heavy (non-hydrogen) atoms. The summed E-state index contributed by atoms with van der Waals surface area (Å²) in [7, 11) is 0. The van der Waals surface area contributed by atoms with E-state index in [4.69, 9.17) is 10.5 Å². The first kappa shape index (κ1) is 14.1. The van der Waals surface area contributed by atoms with Gasteiger partial charge in [0.25, 0.3) is 5.91 Å². The van der Waals surface area contributed by atoms with E-state index in [0.717, 1.165) is 5.56 Å². The van der Waals surface area contributed by atoms with Crippen LogP contribution in [0.2, 0.25) is 0 Å². The first-order chi connectivity index (χ1) is 8.28. The second kappa shape index (κ2) is 5.61. The van der Waals surface area contributed by atoms with Crippen LogP contribution in [-0.2, 0) is 4.79 Å². The summed E-state index contributed by atoms with van der Waals surface area (Å²) in [6.45, 7) is -0.0851. The minimum Gasteiger partial charge on any atom is -0.482 e. The van der Waals surface area contributed by atoms with E-state index >= 15 is 0 Å². The minimum atomic E-state index is -4.43. The van der Waals surface area contributed by atoms with E-state index < -0.39 is 25.2 Å². The number of rotatable bonds is 4. The van der Waals surface area contributed by atoms with Gasteiger partial charge in [0.15, 0.2) is 6.61 Å². The summed E-state index contributed by atoms with van der Waals surface area (Å²) >= 11 is 0. The summed E-state index contributed by atoms with van der Waals surface area (Å²) in [5.74, 6) is -0.578. The smallest absolute Gasteiger partial charge is 0.405 e. The van der Waals surface area contributed by atoms with Crippen LogP contribution in [-0.4, -0.2) is 25.2 Å². The molecule has 0 aliphatic carbocycles. The first-order valence-electron chi connectivity index (χ1n) is 5.10. The van der Waals surface area contributed by atoms with Gasteiger partial charge >= 0.3 is 6.18 Å². The minimum absolute atomic E-state index is 0.275. The average molecular weight is 262 g/mol. The summed E-state index contributed by atoms with van der Waals surface area (Å²) in [6, 6.07) is 4.95. The maximum Gasteiger partial charge on any atom is 0.405 e. The number of anilines is 1. The third-order valence-electron chi connectivity index (χ3n) is 2.01. The fraction of sp³-hybridized carbons (Fsp3) is 0.364. The van der Waals surface area contributed by atoms with Crippen molar-refractivity contribution in [2.45, 2.75) is 13.1 Å². The van der Waals surface area contributed by atoms with Crippen LogP contribution in [0.3, 0.4) is 0 Å². The van der Waals surface area contributed by atoms with Crippen molar-refractivity contribution in [3.8, 4) is 5.75 Å². The van der Waals surface area contributed by atoms with Gasteiger partial charge in [-0.3, -0.25) is 4.79 Å². The molecule has 0 fully saturated rings. The van der Waals surface area contributed by atoms with E-state index in [1.165, 1.54) is 0 Å². The van der Waals surface area contributed by atoms with Crippen LogP contribution >= 0.6 is 0 Å². The number of nitrogens with one attached hydrogen (secondary N) is 1. The third-order valence-corrected chi connectivity index (χ3v) is 2.01. The van der Waals surface area contributed by atoms with Crippen LogP contribution in [0.25, 0.3) is 0 Å². The topological polar surface area (TPSA) is 64.3 Å². The largest absolute Gasteiger partial charge is 0.482 e. The molecule has 0 heterocycles. The Labute approximate surface area is 102 Å². The van der Waals surface area contributed by atoms with Crippen molar-refractivity contribution >= 4 is 11.6 Å². The molecule has 3 N–H and O–H groups in total. The Morgan fingerprint density at radius 1 is 1.44 bits per heavy atom. The molecule has 0 bridgehead atoms. The standard InChI is InChI=1S/C11H13F3N2O2/c1-7-2-3-8(15)9(4-7)18-5-10(17)16-6-11(12,13)14/h2-4H,5-6,15H2,1H3,(H,16,17). The first-order valence-corrected chi connectivity index (χ1v) is 5.10. The molecule has 1 aromatic carbocycles. The highest BCUT2D eigenvalue weighted by atomic mass is 19.4. The highest BCUT2D eigenvalue weighted by Gasteiger charge is 2.27. The van der Waals surface area contributed by atoms with Crippen LogP contribution < -0.4 is 15.8 Å². The Balaban J connectivity index is 2.45. The number of hydrogen-bond donors (Lipinski definition) is 2. The summed E-state index contributed by atoms with van der Waals surface area (Å²) in [4.78, 5) is 11.1. The van der Waals surface area contributed by atoms with Crippen LogP contribution in [0.15, 0.2) is 18.2 Å². The lowest BCUT2D eigenvalue weighted by Crippen LogP contribution is -2.36. The van der Waals surface area contributed by atoms with Crippen molar-refractivity contribution in [2.75, 3.05) is 18.9 Å². The Bertz CT molecular complexity index is 433. The Kier molecular flexibility index (Phi) is 4.41. The predicted molar refractivity (Wildman–Crippen MR) is 60.2 cm³/mol. The zero-order chi connectivity index (χ0) is 13.8. The lowest BCUT2D eigenvalue weighted by molar-refractivity contribution is -0.139. The molecule has 0 saturated carbocycles. The van der Waals surface area contributed by atoms with Crippen molar-refractivity contribution in [3.63, 3.8) is 0 Å². The second-order valence-electron chi connectivity index (χ2n) is 3.72. The van der Waals surface area contributed by atoms with Crippen LogP contribution in [0.1, 0.15) is 5.56 Å². The van der Waals surface area contributed by atoms with E-state index in [1.54, 1.807) is 30.4 Å². The van der Waals surface area contributed by atoms with Crippen LogP contribution in [0.4, 0.5) is 18.9 Å². The zero-order valence-electron chi connectivity index (χ0n) is 9.67. The molecular weight excluding hydrogens is 249 g/mol. The molecule has 0 aromatic heterocycles. The fourth-order valence-corrected chi connectivity index (χ4v) is 1.16. The highest BCUT2D eigenvalue weighted by Crippen LogP contribution is 2.22. The van der Waals surface area contributed by atoms with Crippen LogP contribution in [0, 0.1) is 6.92 Å². The monoisotopic (exact) mass is 262 g/mol. The van der Waals surface area contributed by atoms with Gasteiger partial charge in [0, 0.05) is 0 Å². The predicted octanol–water partition coefficient (Wildman–Crippen LogP) is 1.63. The molecule has 0 atom stereocenters. The van der Waals surface area contributed by atoms with Crippen molar-refractivity contribution in [3.05, 3.63) is 23.8 Å². The van der Waals surface area contributed by atoms with Gasteiger partial charge in [-0.25, -0.2) is 0 Å². The molecule has 0 aliphatic rings. The fourth-order valence-electron chi connectivity index (χ4n) is 1.16. The number of carbonyl (C=O) groups excluding carboxylic acids is 1. The van der Waals surface area contributed by atoms with Gasteiger partial charge in [-0.2, -0.15) is 13.2 Å². The Hall–Kier alpha value is -1.92. The molecular formula is C11H13F3N2O2. The molecule has 1 rings (SSSR count). The number of amides is 1. The average Bonchev–Trinajstić information content (AvgIpc) is 2.26. The van der Waals surface area contributed by atoms with E-state index in [1.807, 2.05) is 0 Å². The van der Waals surface area contributed by atoms with Crippen molar-refractivity contribution in [1.82, 2.24) is 5.32 Å². The Morgan fingerprint density at radius 2 is 2.11 bits per heavy atom. The zero-order valence-corrected chi connectivity index (χ0v) is 9.67. The van der Waals surface area contributed by atoms with Gasteiger partial charge in [0.2, 0.25) is 0 Å². The molecule has 0 saturated heterocycles. The maximum absolute atomic E-state index is 11.8. The second-order valence-corrected chi connectivity index (χ2v) is 3.72. The summed E-state index contributed by atoms with van der Waals surface area (Å²) in [5.41, 5.74) is 6.78. The van der Waals surface area contributed by atoms with Gasteiger partial charge in [0.1, 0.15) is 12.3 Å². The maximum atomic E-state index is 11.8. The Morgan fingerprint density at radius 3 is 2.72 bits per heavy atom. The quantitative estimate of drug-likeness (QED) is 0.811. The van der Waals surface area contributed by atoms with Gasteiger partial charge in [-0.05, 0) is 24.6 Å². The SMILES string of the molecule is Cc1ccc(N)c(OCC(=O)NCC(F)(F)F)c1. The molecule has 0 spiro atoms. The molecule has 4 nitrogen and oxygen atoms in total. The number of nitrogen functional groups attached to an aromatic ring is 1. The van der Waals surface area contributed by atoms with Crippen molar-refractivity contribution in [2.24, 2.45) is 0 Å². The number of nitrogens with two attached hydrogens (primary N) is 1. The van der Waals surface area contributed by atoms with Gasteiger partial charge in [-0.15, -0.1) is 0 Å². The van der Waals surface area contributed by atoms with Gasteiger partial charge in [-0.1, -0.05) is 6.07 Å². The number of aryl methyl sites for hydroxylation is 1.